The molecule has 1 saturated carbocycles. The second-order valence-corrected chi connectivity index (χ2v) is 6.12. The highest BCUT2D eigenvalue weighted by Gasteiger charge is 2.51. The number of nitrogens with two attached hydrogens (primary N) is 1. The minimum Gasteiger partial charge on any atom is -0.392 e. The van der Waals surface area contributed by atoms with Gasteiger partial charge in [0, 0.05) is 17.5 Å². The third-order valence-electron chi connectivity index (χ3n) is 3.94. The molecule has 0 aliphatic heterocycles. The van der Waals surface area contributed by atoms with Gasteiger partial charge >= 0.3 is 0 Å². The fourth-order valence-electron chi connectivity index (χ4n) is 2.58. The van der Waals surface area contributed by atoms with Crippen molar-refractivity contribution < 1.29 is 5.11 Å². The van der Waals surface area contributed by atoms with Crippen molar-refractivity contribution in [1.29, 1.82) is 0 Å². The number of aliphatic hydroxyl groups excluding tert-OH is 1. The lowest BCUT2D eigenvalue weighted by Gasteiger charge is -2.23. The van der Waals surface area contributed by atoms with Crippen LogP contribution in [0.3, 0.4) is 0 Å². The maximum atomic E-state index is 10.4. The smallest absolute Gasteiger partial charge is 0.0654 e. The average molecular weight is 254 g/mol. The first-order valence-corrected chi connectivity index (χ1v) is 6.47. The Morgan fingerprint density at radius 2 is 2.18 bits per heavy atom. The molecule has 0 radical (unpaired) electrons. The molecular formula is C14H20ClNO. The predicted octanol–water partition coefficient (Wildman–Crippen LogP) is 2.79. The molecule has 0 bridgehead atoms. The number of rotatable bonds is 4. The molecule has 1 aliphatic carbocycles. The van der Waals surface area contributed by atoms with E-state index in [0.717, 1.165) is 12.0 Å². The van der Waals surface area contributed by atoms with Gasteiger partial charge in [-0.1, -0.05) is 37.6 Å². The fourth-order valence-corrected chi connectivity index (χ4v) is 2.78. The first-order chi connectivity index (χ1) is 7.95. The van der Waals surface area contributed by atoms with Gasteiger partial charge in [-0.05, 0) is 35.4 Å². The molecule has 1 aliphatic rings. The first-order valence-electron chi connectivity index (χ1n) is 6.09. The summed E-state index contributed by atoms with van der Waals surface area (Å²) in [7, 11) is 0. The quantitative estimate of drug-likeness (QED) is 0.867. The lowest BCUT2D eigenvalue weighted by Crippen LogP contribution is -2.29. The van der Waals surface area contributed by atoms with E-state index in [2.05, 4.69) is 13.8 Å². The molecule has 0 amide bonds. The largest absolute Gasteiger partial charge is 0.392 e. The highest BCUT2D eigenvalue weighted by Crippen LogP contribution is 2.55. The zero-order valence-corrected chi connectivity index (χ0v) is 11.1. The molecule has 0 spiro atoms. The van der Waals surface area contributed by atoms with Crippen LogP contribution in [0, 0.1) is 11.3 Å². The maximum Gasteiger partial charge on any atom is 0.0654 e. The molecule has 1 aromatic rings. The van der Waals surface area contributed by atoms with Crippen LogP contribution in [-0.4, -0.2) is 17.8 Å². The van der Waals surface area contributed by atoms with E-state index in [1.54, 1.807) is 0 Å². The van der Waals surface area contributed by atoms with Crippen LogP contribution in [0.4, 0.5) is 0 Å². The Bertz CT molecular complexity index is 405. The van der Waals surface area contributed by atoms with Crippen molar-refractivity contribution >= 4 is 11.6 Å². The molecule has 3 atom stereocenters. The van der Waals surface area contributed by atoms with Crippen molar-refractivity contribution in [3.63, 3.8) is 0 Å². The van der Waals surface area contributed by atoms with Gasteiger partial charge < -0.3 is 10.8 Å². The summed E-state index contributed by atoms with van der Waals surface area (Å²) in [6.07, 6.45) is 0.707. The number of hydrogen-bond donors (Lipinski definition) is 2. The van der Waals surface area contributed by atoms with Crippen LogP contribution in [0.2, 0.25) is 5.02 Å². The van der Waals surface area contributed by atoms with Crippen molar-refractivity contribution in [2.75, 3.05) is 6.54 Å². The van der Waals surface area contributed by atoms with Gasteiger partial charge in [0.1, 0.15) is 0 Å². The first kappa shape index (κ1) is 12.9. The number of halogens is 1. The fraction of sp³-hybridized carbons (Fsp3) is 0.571. The van der Waals surface area contributed by atoms with Crippen molar-refractivity contribution in [1.82, 2.24) is 0 Å². The monoisotopic (exact) mass is 253 g/mol. The lowest BCUT2D eigenvalue weighted by atomic mass is 9.88. The summed E-state index contributed by atoms with van der Waals surface area (Å²) in [5, 5.41) is 11.1. The van der Waals surface area contributed by atoms with Crippen LogP contribution < -0.4 is 5.73 Å². The molecule has 0 aromatic heterocycles. The highest BCUT2D eigenvalue weighted by molar-refractivity contribution is 6.30. The molecule has 2 rings (SSSR count). The van der Waals surface area contributed by atoms with E-state index in [-0.39, 0.29) is 17.4 Å². The van der Waals surface area contributed by atoms with Gasteiger partial charge in [0.2, 0.25) is 0 Å². The van der Waals surface area contributed by atoms with E-state index in [1.165, 1.54) is 0 Å². The maximum absolute atomic E-state index is 10.4. The molecule has 1 fully saturated rings. The minimum atomic E-state index is -0.367. The van der Waals surface area contributed by atoms with E-state index in [9.17, 15) is 5.11 Å². The van der Waals surface area contributed by atoms with Gasteiger partial charge in [-0.3, -0.25) is 0 Å². The van der Waals surface area contributed by atoms with Crippen LogP contribution in [0.5, 0.6) is 0 Å². The molecule has 3 N–H and O–H groups in total. The Labute approximate surface area is 108 Å². The van der Waals surface area contributed by atoms with E-state index in [0.29, 0.717) is 17.5 Å². The molecule has 3 heteroatoms. The topological polar surface area (TPSA) is 46.2 Å². The summed E-state index contributed by atoms with van der Waals surface area (Å²) in [5.41, 5.74) is 7.10. The third-order valence-corrected chi connectivity index (χ3v) is 4.18. The van der Waals surface area contributed by atoms with Crippen LogP contribution >= 0.6 is 11.6 Å². The Morgan fingerprint density at radius 3 is 2.65 bits per heavy atom. The summed E-state index contributed by atoms with van der Waals surface area (Å²) >= 11 is 5.98. The van der Waals surface area contributed by atoms with E-state index < -0.39 is 0 Å². The molecule has 94 valence electrons. The van der Waals surface area contributed by atoms with Gasteiger partial charge in [-0.2, -0.15) is 0 Å². The van der Waals surface area contributed by atoms with Crippen LogP contribution in [0.15, 0.2) is 24.3 Å². The summed E-state index contributed by atoms with van der Waals surface area (Å²) in [6, 6.07) is 7.64. The highest BCUT2D eigenvalue weighted by atomic mass is 35.5. The number of benzene rings is 1. The Hall–Kier alpha value is -0.570. The molecule has 0 heterocycles. The summed E-state index contributed by atoms with van der Waals surface area (Å²) in [6.45, 7) is 4.83. The van der Waals surface area contributed by atoms with Crippen LogP contribution in [0.25, 0.3) is 0 Å². The summed E-state index contributed by atoms with van der Waals surface area (Å²) in [5.74, 6) is 0.343. The Morgan fingerprint density at radius 1 is 1.53 bits per heavy atom. The van der Waals surface area contributed by atoms with Crippen molar-refractivity contribution in [2.24, 2.45) is 17.1 Å². The number of hydrogen-bond acceptors (Lipinski definition) is 2. The predicted molar refractivity (Wildman–Crippen MR) is 71.1 cm³/mol. The Balaban J connectivity index is 2.16. The molecule has 1 aromatic carbocycles. The molecule has 0 saturated heterocycles. The van der Waals surface area contributed by atoms with Gasteiger partial charge in [0.05, 0.1) is 6.10 Å². The van der Waals surface area contributed by atoms with E-state index in [4.69, 9.17) is 17.3 Å². The molecule has 3 unspecified atom stereocenters. The SMILES string of the molecule is CC1(C)CC1C(O)C(CN)c1cccc(Cl)c1. The summed E-state index contributed by atoms with van der Waals surface area (Å²) < 4.78 is 0. The zero-order chi connectivity index (χ0) is 12.6. The van der Waals surface area contributed by atoms with Gasteiger partial charge in [-0.25, -0.2) is 0 Å². The third kappa shape index (κ3) is 2.65. The van der Waals surface area contributed by atoms with E-state index >= 15 is 0 Å². The van der Waals surface area contributed by atoms with Gasteiger partial charge in [0.25, 0.3) is 0 Å². The normalized spacial score (nSPS) is 25.4. The Kier molecular flexibility index (Phi) is 3.48. The second-order valence-electron chi connectivity index (χ2n) is 5.69. The van der Waals surface area contributed by atoms with Gasteiger partial charge in [-0.15, -0.1) is 0 Å². The molecule has 17 heavy (non-hydrogen) atoms. The minimum absolute atomic E-state index is 0.0134. The second kappa shape index (κ2) is 4.60. The van der Waals surface area contributed by atoms with Crippen molar-refractivity contribution in [3.05, 3.63) is 34.9 Å². The lowest BCUT2D eigenvalue weighted by molar-refractivity contribution is 0.109. The number of aliphatic hydroxyl groups is 1. The molecule has 2 nitrogen and oxygen atoms in total. The zero-order valence-electron chi connectivity index (χ0n) is 10.4. The van der Waals surface area contributed by atoms with Crippen molar-refractivity contribution in [2.45, 2.75) is 32.3 Å². The van der Waals surface area contributed by atoms with Crippen LogP contribution in [-0.2, 0) is 0 Å². The van der Waals surface area contributed by atoms with Gasteiger partial charge in [0.15, 0.2) is 0 Å². The summed E-state index contributed by atoms with van der Waals surface area (Å²) in [4.78, 5) is 0. The standard InChI is InChI=1S/C14H20ClNO/c1-14(2)7-12(14)13(17)11(8-16)9-4-3-5-10(15)6-9/h3-6,11-13,17H,7-8,16H2,1-2H3. The molecular weight excluding hydrogens is 234 g/mol. The average Bonchev–Trinajstić information content (AvgIpc) is 2.89. The van der Waals surface area contributed by atoms with Crippen LogP contribution in [0.1, 0.15) is 31.7 Å². The van der Waals surface area contributed by atoms with E-state index in [1.807, 2.05) is 24.3 Å². The van der Waals surface area contributed by atoms with Crippen molar-refractivity contribution in [3.8, 4) is 0 Å².